The van der Waals surface area contributed by atoms with Crippen LogP contribution in [0.2, 0.25) is 0 Å². The van der Waals surface area contributed by atoms with E-state index in [-0.39, 0.29) is 17.5 Å². The van der Waals surface area contributed by atoms with E-state index >= 15 is 0 Å². The molecule has 18 heavy (non-hydrogen) atoms. The van der Waals surface area contributed by atoms with Gasteiger partial charge in [-0.05, 0) is 14.0 Å². The predicted octanol–water partition coefficient (Wildman–Crippen LogP) is 0.0685. The Labute approximate surface area is 105 Å². The number of rotatable bonds is 2. The van der Waals surface area contributed by atoms with E-state index in [2.05, 4.69) is 14.9 Å². The average molecular weight is 252 g/mol. The van der Waals surface area contributed by atoms with Crippen molar-refractivity contribution < 1.29 is 14.6 Å². The van der Waals surface area contributed by atoms with Gasteiger partial charge in [-0.3, -0.25) is 0 Å². The second-order valence-electron chi connectivity index (χ2n) is 4.35. The molecule has 1 aliphatic heterocycles. The lowest BCUT2D eigenvalue weighted by molar-refractivity contribution is -0.0255. The molecule has 0 saturated carbocycles. The second-order valence-corrected chi connectivity index (χ2v) is 4.35. The average Bonchev–Trinajstić information content (AvgIpc) is 2.27. The molecule has 0 spiro atoms. The molecule has 1 aromatic rings. The van der Waals surface area contributed by atoms with E-state index in [4.69, 9.17) is 15.6 Å². The van der Waals surface area contributed by atoms with E-state index in [1.54, 1.807) is 6.92 Å². The molecule has 7 heteroatoms. The molecule has 3 N–H and O–H groups in total. The molecule has 2 rings (SSSR count). The Hall–Kier alpha value is -1.73. The first-order valence-electron chi connectivity index (χ1n) is 5.66. The Morgan fingerprint density at radius 3 is 2.83 bits per heavy atom. The molecule has 1 unspecified atom stereocenters. The number of nitrogens with two attached hydrogens (primary N) is 1. The number of morpholine rings is 1. The SMILES string of the molecule is Cc1nc(C2CN(C)CCO2)nc(N)c1C(=O)O. The van der Waals surface area contributed by atoms with E-state index in [0.29, 0.717) is 24.7 Å². The maximum absolute atomic E-state index is 11.0. The summed E-state index contributed by atoms with van der Waals surface area (Å²) in [7, 11) is 1.98. The summed E-state index contributed by atoms with van der Waals surface area (Å²) < 4.78 is 5.58. The number of likely N-dealkylation sites (N-methyl/N-ethyl adjacent to an activating group) is 1. The van der Waals surface area contributed by atoms with Gasteiger partial charge in [0.05, 0.1) is 12.3 Å². The van der Waals surface area contributed by atoms with E-state index in [1.165, 1.54) is 0 Å². The molecule has 0 radical (unpaired) electrons. The lowest BCUT2D eigenvalue weighted by Gasteiger charge is -2.29. The smallest absolute Gasteiger partial charge is 0.341 e. The first kappa shape index (κ1) is 12.7. The number of ether oxygens (including phenoxy) is 1. The number of carbonyl (C=O) groups is 1. The van der Waals surface area contributed by atoms with E-state index in [1.807, 2.05) is 7.05 Å². The number of nitrogen functional groups attached to an aromatic ring is 1. The third kappa shape index (κ3) is 2.41. The molecule has 0 bridgehead atoms. The van der Waals surface area contributed by atoms with Crippen LogP contribution in [-0.4, -0.2) is 52.7 Å². The molecule has 0 amide bonds. The molecule has 2 heterocycles. The van der Waals surface area contributed by atoms with Gasteiger partial charge in [-0.15, -0.1) is 0 Å². The van der Waals surface area contributed by atoms with Crippen LogP contribution in [0.25, 0.3) is 0 Å². The number of aromatic carboxylic acids is 1. The normalized spacial score (nSPS) is 20.9. The highest BCUT2D eigenvalue weighted by Crippen LogP contribution is 2.21. The molecule has 1 aromatic heterocycles. The summed E-state index contributed by atoms with van der Waals surface area (Å²) in [5.41, 5.74) is 5.99. The van der Waals surface area contributed by atoms with Crippen LogP contribution in [0.4, 0.5) is 5.82 Å². The minimum absolute atomic E-state index is 0.0122. The van der Waals surface area contributed by atoms with Gasteiger partial charge < -0.3 is 20.5 Å². The van der Waals surface area contributed by atoms with Crippen LogP contribution in [-0.2, 0) is 4.74 Å². The van der Waals surface area contributed by atoms with Gasteiger partial charge >= 0.3 is 5.97 Å². The van der Waals surface area contributed by atoms with Crippen LogP contribution in [0.1, 0.15) is 28.0 Å². The number of hydrogen-bond acceptors (Lipinski definition) is 6. The number of aryl methyl sites for hydroxylation is 1. The zero-order valence-electron chi connectivity index (χ0n) is 10.4. The zero-order chi connectivity index (χ0) is 13.3. The summed E-state index contributed by atoms with van der Waals surface area (Å²) in [4.78, 5) is 21.3. The van der Waals surface area contributed by atoms with Gasteiger partial charge in [0, 0.05) is 13.1 Å². The molecule has 1 saturated heterocycles. The highest BCUT2D eigenvalue weighted by molar-refractivity contribution is 5.93. The summed E-state index contributed by atoms with van der Waals surface area (Å²) in [6, 6.07) is 0. The molecule has 1 fully saturated rings. The molecular weight excluding hydrogens is 236 g/mol. The fourth-order valence-corrected chi connectivity index (χ4v) is 1.96. The van der Waals surface area contributed by atoms with Gasteiger partial charge in [0.25, 0.3) is 0 Å². The highest BCUT2D eigenvalue weighted by atomic mass is 16.5. The summed E-state index contributed by atoms with van der Waals surface area (Å²) in [5, 5.41) is 8.99. The highest BCUT2D eigenvalue weighted by Gasteiger charge is 2.25. The summed E-state index contributed by atoms with van der Waals surface area (Å²) >= 11 is 0. The molecule has 1 aliphatic rings. The van der Waals surface area contributed by atoms with Crippen molar-refractivity contribution in [1.29, 1.82) is 0 Å². The summed E-state index contributed by atoms with van der Waals surface area (Å²) in [6.45, 7) is 3.74. The van der Waals surface area contributed by atoms with Crippen LogP contribution in [0.3, 0.4) is 0 Å². The molecule has 0 aromatic carbocycles. The predicted molar refractivity (Wildman–Crippen MR) is 64.3 cm³/mol. The lowest BCUT2D eigenvalue weighted by atomic mass is 10.2. The monoisotopic (exact) mass is 252 g/mol. The van der Waals surface area contributed by atoms with Crippen LogP contribution in [0, 0.1) is 6.92 Å². The minimum Gasteiger partial charge on any atom is -0.477 e. The fourth-order valence-electron chi connectivity index (χ4n) is 1.96. The van der Waals surface area contributed by atoms with E-state index in [0.717, 1.165) is 6.54 Å². The van der Waals surface area contributed by atoms with Crippen LogP contribution in [0.15, 0.2) is 0 Å². The first-order valence-corrected chi connectivity index (χ1v) is 5.66. The van der Waals surface area contributed by atoms with Gasteiger partial charge in [-0.25, -0.2) is 14.8 Å². The topological polar surface area (TPSA) is 102 Å². The van der Waals surface area contributed by atoms with Crippen LogP contribution < -0.4 is 5.73 Å². The zero-order valence-corrected chi connectivity index (χ0v) is 10.4. The number of carboxylic acids is 1. The van der Waals surface area contributed by atoms with Gasteiger partial charge in [0.2, 0.25) is 0 Å². The Balaban J connectivity index is 2.32. The third-order valence-corrected chi connectivity index (χ3v) is 2.91. The Morgan fingerprint density at radius 2 is 2.28 bits per heavy atom. The van der Waals surface area contributed by atoms with E-state index in [9.17, 15) is 4.79 Å². The number of anilines is 1. The van der Waals surface area contributed by atoms with Crippen molar-refractivity contribution in [3.8, 4) is 0 Å². The van der Waals surface area contributed by atoms with Crippen LogP contribution >= 0.6 is 0 Å². The van der Waals surface area contributed by atoms with Gasteiger partial charge in [0.1, 0.15) is 17.5 Å². The van der Waals surface area contributed by atoms with Gasteiger partial charge in [-0.1, -0.05) is 0 Å². The number of hydrogen-bond donors (Lipinski definition) is 2. The minimum atomic E-state index is -1.11. The largest absolute Gasteiger partial charge is 0.477 e. The van der Waals surface area contributed by atoms with E-state index < -0.39 is 5.97 Å². The van der Waals surface area contributed by atoms with Crippen molar-refractivity contribution in [2.45, 2.75) is 13.0 Å². The fraction of sp³-hybridized carbons (Fsp3) is 0.545. The Morgan fingerprint density at radius 1 is 1.56 bits per heavy atom. The lowest BCUT2D eigenvalue weighted by Crippen LogP contribution is -2.36. The maximum Gasteiger partial charge on any atom is 0.341 e. The summed E-state index contributed by atoms with van der Waals surface area (Å²) in [5.74, 6) is -0.679. The van der Waals surface area contributed by atoms with Gasteiger partial charge in [0.15, 0.2) is 5.82 Å². The Bertz CT molecular complexity index is 454. The van der Waals surface area contributed by atoms with Crippen LogP contribution in [0.5, 0.6) is 0 Å². The van der Waals surface area contributed by atoms with Crippen molar-refractivity contribution in [2.24, 2.45) is 0 Å². The van der Waals surface area contributed by atoms with Crippen molar-refractivity contribution in [3.05, 3.63) is 17.1 Å². The first-order chi connectivity index (χ1) is 8.49. The molecular formula is C11H16N4O3. The number of carboxylic acid groups (broad SMARTS) is 1. The third-order valence-electron chi connectivity index (χ3n) is 2.91. The molecule has 1 atom stereocenters. The summed E-state index contributed by atoms with van der Waals surface area (Å²) in [6.07, 6.45) is -0.257. The molecule has 98 valence electrons. The quantitative estimate of drug-likeness (QED) is 0.767. The van der Waals surface area contributed by atoms with Crippen molar-refractivity contribution >= 4 is 11.8 Å². The van der Waals surface area contributed by atoms with Crippen molar-refractivity contribution in [3.63, 3.8) is 0 Å². The van der Waals surface area contributed by atoms with Crippen molar-refractivity contribution in [1.82, 2.24) is 14.9 Å². The molecule has 7 nitrogen and oxygen atoms in total. The van der Waals surface area contributed by atoms with Gasteiger partial charge in [-0.2, -0.15) is 0 Å². The number of nitrogens with zero attached hydrogens (tertiary/aromatic N) is 3. The molecule has 0 aliphatic carbocycles. The standard InChI is InChI=1S/C11H16N4O3/c1-6-8(11(16)17)9(12)14-10(13-6)7-5-15(2)3-4-18-7/h7H,3-5H2,1-2H3,(H,16,17)(H2,12,13,14). The van der Waals surface area contributed by atoms with Crippen molar-refractivity contribution in [2.75, 3.05) is 32.5 Å². The maximum atomic E-state index is 11.0. The Kier molecular flexibility index (Phi) is 3.44. The number of aromatic nitrogens is 2. The second kappa shape index (κ2) is 4.87.